The lowest BCUT2D eigenvalue weighted by atomic mass is 10.1. The fourth-order valence-electron chi connectivity index (χ4n) is 3.28. The Balaban J connectivity index is 1.49. The molecule has 0 radical (unpaired) electrons. The molecule has 0 aromatic heterocycles. The Bertz CT molecular complexity index is 983. The predicted octanol–water partition coefficient (Wildman–Crippen LogP) is 2.89. The molecule has 2 aliphatic rings. The lowest BCUT2D eigenvalue weighted by molar-refractivity contribution is -0.384. The first-order valence-corrected chi connectivity index (χ1v) is 9.84. The van der Waals surface area contributed by atoms with Gasteiger partial charge in [-0.15, -0.1) is 0 Å². The highest BCUT2D eigenvalue weighted by Crippen LogP contribution is 2.31. The van der Waals surface area contributed by atoms with E-state index >= 15 is 0 Å². The van der Waals surface area contributed by atoms with E-state index in [1.165, 1.54) is 6.07 Å². The molecule has 1 saturated carbocycles. The third-order valence-corrected chi connectivity index (χ3v) is 5.06. The lowest BCUT2D eigenvalue weighted by Gasteiger charge is -2.27. The molecule has 2 fully saturated rings. The van der Waals surface area contributed by atoms with Crippen molar-refractivity contribution in [1.82, 2.24) is 4.90 Å². The molecule has 2 amide bonds. The van der Waals surface area contributed by atoms with Crippen molar-refractivity contribution in [3.05, 3.63) is 63.7 Å². The Labute approximate surface area is 173 Å². The van der Waals surface area contributed by atoms with Gasteiger partial charge in [-0.05, 0) is 43.2 Å². The topological polar surface area (TPSA) is 114 Å². The van der Waals surface area contributed by atoms with E-state index in [0.29, 0.717) is 43.2 Å². The molecule has 1 aliphatic carbocycles. The molecule has 0 bridgehead atoms. The van der Waals surface area contributed by atoms with Gasteiger partial charge in [0.2, 0.25) is 0 Å². The number of nitro groups is 1. The van der Waals surface area contributed by atoms with Crippen LogP contribution in [0.4, 0.5) is 17.1 Å². The smallest absolute Gasteiger partial charge is 0.293 e. The summed E-state index contributed by atoms with van der Waals surface area (Å²) in [7, 11) is 0. The maximum Gasteiger partial charge on any atom is 0.293 e. The molecule has 9 heteroatoms. The molecule has 2 N–H and O–H groups in total. The molecule has 9 nitrogen and oxygen atoms in total. The van der Waals surface area contributed by atoms with Crippen molar-refractivity contribution in [3.63, 3.8) is 0 Å². The molecule has 2 aromatic rings. The third kappa shape index (κ3) is 4.57. The molecule has 2 aromatic carbocycles. The SMILES string of the molecule is O=C(Nc1cccc(C(=O)N2CCOCC2)c1)c1ccc(NC2CC2)c([N+](=O)[O-])c1. The second-order valence-corrected chi connectivity index (χ2v) is 7.35. The molecule has 1 heterocycles. The summed E-state index contributed by atoms with van der Waals surface area (Å²) in [6, 6.07) is 11.3. The van der Waals surface area contributed by atoms with E-state index in [0.717, 1.165) is 12.8 Å². The molecular formula is C21H22N4O5. The van der Waals surface area contributed by atoms with Gasteiger partial charge in [-0.1, -0.05) is 6.07 Å². The van der Waals surface area contributed by atoms with Crippen molar-refractivity contribution >= 4 is 28.9 Å². The Morgan fingerprint density at radius 2 is 1.83 bits per heavy atom. The molecule has 1 saturated heterocycles. The van der Waals surface area contributed by atoms with Gasteiger partial charge >= 0.3 is 0 Å². The number of nitrogens with one attached hydrogen (secondary N) is 2. The summed E-state index contributed by atoms with van der Waals surface area (Å²) in [5, 5.41) is 17.2. The van der Waals surface area contributed by atoms with Crippen LogP contribution in [-0.2, 0) is 4.74 Å². The number of rotatable bonds is 6. The predicted molar refractivity (Wildman–Crippen MR) is 111 cm³/mol. The van der Waals surface area contributed by atoms with E-state index in [9.17, 15) is 19.7 Å². The fraction of sp³-hybridized carbons (Fsp3) is 0.333. The zero-order valence-corrected chi connectivity index (χ0v) is 16.3. The summed E-state index contributed by atoms with van der Waals surface area (Å²) in [4.78, 5) is 37.9. The molecule has 0 unspecified atom stereocenters. The van der Waals surface area contributed by atoms with E-state index in [1.807, 2.05) is 0 Å². The molecule has 0 spiro atoms. The summed E-state index contributed by atoms with van der Waals surface area (Å²) in [6.07, 6.45) is 1.97. The van der Waals surface area contributed by atoms with Crippen molar-refractivity contribution in [3.8, 4) is 0 Å². The van der Waals surface area contributed by atoms with Crippen molar-refractivity contribution in [1.29, 1.82) is 0 Å². The Morgan fingerprint density at radius 3 is 2.53 bits per heavy atom. The Hall–Kier alpha value is -3.46. The number of benzene rings is 2. The summed E-state index contributed by atoms with van der Waals surface area (Å²) in [5.41, 5.74) is 1.36. The van der Waals surface area contributed by atoms with Crippen molar-refractivity contribution < 1.29 is 19.2 Å². The quantitative estimate of drug-likeness (QED) is 0.559. The molecule has 4 rings (SSSR count). The van der Waals surface area contributed by atoms with E-state index in [2.05, 4.69) is 10.6 Å². The van der Waals surface area contributed by atoms with Gasteiger partial charge in [0.1, 0.15) is 5.69 Å². The standard InChI is InChI=1S/C21H22N4O5/c26-20(14-4-7-18(22-16-5-6-16)19(13-14)25(28)29)23-17-3-1-2-15(12-17)21(27)24-8-10-30-11-9-24/h1-4,7,12-13,16,22H,5-6,8-11H2,(H,23,26). The minimum atomic E-state index is -0.497. The van der Waals surface area contributed by atoms with Crippen LogP contribution in [0.25, 0.3) is 0 Å². The van der Waals surface area contributed by atoms with Gasteiger partial charge in [0.05, 0.1) is 18.1 Å². The van der Waals surface area contributed by atoms with Gasteiger partial charge in [0.15, 0.2) is 0 Å². The maximum atomic E-state index is 12.7. The number of morpholine rings is 1. The van der Waals surface area contributed by atoms with Gasteiger partial charge in [0.25, 0.3) is 17.5 Å². The summed E-state index contributed by atoms with van der Waals surface area (Å²) in [6.45, 7) is 2.07. The lowest BCUT2D eigenvalue weighted by Crippen LogP contribution is -2.40. The number of hydrogen-bond donors (Lipinski definition) is 2. The molecule has 0 atom stereocenters. The van der Waals surface area contributed by atoms with Crippen LogP contribution in [-0.4, -0.2) is 54.0 Å². The molecule has 30 heavy (non-hydrogen) atoms. The second-order valence-electron chi connectivity index (χ2n) is 7.35. The zero-order chi connectivity index (χ0) is 21.1. The van der Waals surface area contributed by atoms with Crippen LogP contribution >= 0.6 is 0 Å². The number of anilines is 2. The van der Waals surface area contributed by atoms with E-state index in [4.69, 9.17) is 4.74 Å². The summed E-state index contributed by atoms with van der Waals surface area (Å²) >= 11 is 0. The first-order chi connectivity index (χ1) is 14.5. The summed E-state index contributed by atoms with van der Waals surface area (Å²) in [5.74, 6) is -0.604. The number of carbonyl (C=O) groups is 2. The van der Waals surface area contributed by atoms with Crippen LogP contribution in [0.15, 0.2) is 42.5 Å². The number of ether oxygens (including phenoxy) is 1. The van der Waals surface area contributed by atoms with E-state index in [-0.39, 0.29) is 23.2 Å². The van der Waals surface area contributed by atoms with Crippen LogP contribution in [0.1, 0.15) is 33.6 Å². The highest BCUT2D eigenvalue weighted by Gasteiger charge is 2.26. The maximum absolute atomic E-state index is 12.7. The number of amides is 2. The largest absolute Gasteiger partial charge is 0.378 e. The van der Waals surface area contributed by atoms with Crippen molar-refractivity contribution in [2.24, 2.45) is 0 Å². The number of nitrogens with zero attached hydrogens (tertiary/aromatic N) is 2. The fourth-order valence-corrected chi connectivity index (χ4v) is 3.28. The minimum Gasteiger partial charge on any atom is -0.378 e. The number of carbonyl (C=O) groups excluding carboxylic acids is 2. The van der Waals surface area contributed by atoms with Gasteiger partial charge in [-0.25, -0.2) is 0 Å². The minimum absolute atomic E-state index is 0.124. The molecule has 1 aliphatic heterocycles. The number of nitro benzene ring substituents is 1. The second kappa shape index (κ2) is 8.50. The number of hydrogen-bond acceptors (Lipinski definition) is 6. The van der Waals surface area contributed by atoms with E-state index < -0.39 is 10.8 Å². The monoisotopic (exact) mass is 410 g/mol. The average molecular weight is 410 g/mol. The highest BCUT2D eigenvalue weighted by atomic mass is 16.6. The zero-order valence-electron chi connectivity index (χ0n) is 16.3. The Morgan fingerprint density at radius 1 is 1.07 bits per heavy atom. The van der Waals surface area contributed by atoms with Gasteiger partial charge in [-0.2, -0.15) is 0 Å². The molecular weight excluding hydrogens is 388 g/mol. The van der Waals surface area contributed by atoms with Crippen molar-refractivity contribution in [2.75, 3.05) is 36.9 Å². The average Bonchev–Trinajstić information content (AvgIpc) is 3.58. The van der Waals surface area contributed by atoms with Crippen LogP contribution in [0, 0.1) is 10.1 Å². The summed E-state index contributed by atoms with van der Waals surface area (Å²) < 4.78 is 5.27. The molecule has 156 valence electrons. The van der Waals surface area contributed by atoms with Gasteiger partial charge < -0.3 is 20.3 Å². The van der Waals surface area contributed by atoms with E-state index in [1.54, 1.807) is 41.3 Å². The van der Waals surface area contributed by atoms with Gasteiger partial charge in [-0.3, -0.25) is 19.7 Å². The normalized spacial score (nSPS) is 16.1. The van der Waals surface area contributed by atoms with Crippen LogP contribution in [0.3, 0.4) is 0 Å². The Kier molecular flexibility index (Phi) is 5.62. The first-order valence-electron chi connectivity index (χ1n) is 9.84. The van der Waals surface area contributed by atoms with Crippen LogP contribution in [0.5, 0.6) is 0 Å². The first kappa shape index (κ1) is 19.8. The highest BCUT2D eigenvalue weighted by molar-refractivity contribution is 6.06. The third-order valence-electron chi connectivity index (χ3n) is 5.06. The van der Waals surface area contributed by atoms with Crippen LogP contribution in [0.2, 0.25) is 0 Å². The van der Waals surface area contributed by atoms with Crippen molar-refractivity contribution in [2.45, 2.75) is 18.9 Å². The van der Waals surface area contributed by atoms with Gasteiger partial charge in [0, 0.05) is 42.0 Å². The van der Waals surface area contributed by atoms with Crippen LogP contribution < -0.4 is 10.6 Å².